The Morgan fingerprint density at radius 3 is 2.38 bits per heavy atom. The zero-order valence-electron chi connectivity index (χ0n) is 20.3. The first-order valence-electron chi connectivity index (χ1n) is 11.0. The van der Waals surface area contributed by atoms with Crippen LogP contribution >= 0.6 is 0 Å². The molecule has 1 unspecified atom stereocenters. The number of hydrogen-bond acceptors (Lipinski definition) is 5. The molecule has 32 heavy (non-hydrogen) atoms. The molecule has 0 bridgehead atoms. The lowest BCUT2D eigenvalue weighted by Crippen LogP contribution is -2.52. The number of nitriles is 1. The fourth-order valence-electron chi connectivity index (χ4n) is 4.30. The van der Waals surface area contributed by atoms with E-state index >= 15 is 0 Å². The van der Waals surface area contributed by atoms with Crippen molar-refractivity contribution in [1.29, 1.82) is 5.26 Å². The monoisotopic (exact) mass is 454 g/mol. The first-order chi connectivity index (χ1) is 14.7. The lowest BCUT2D eigenvalue weighted by Gasteiger charge is -2.45. The zero-order chi connectivity index (χ0) is 24.1. The van der Waals surface area contributed by atoms with Gasteiger partial charge in [-0.25, -0.2) is 0 Å². The number of aliphatic hydroxyl groups is 1. The van der Waals surface area contributed by atoms with Crippen LogP contribution in [0.5, 0.6) is 5.75 Å². The number of aromatic nitrogens is 1. The van der Waals surface area contributed by atoms with Crippen molar-refractivity contribution >= 4 is 9.04 Å². The van der Waals surface area contributed by atoms with E-state index in [1.807, 2.05) is 13.0 Å². The molecule has 1 aliphatic heterocycles. The molecule has 0 fully saturated rings. The highest BCUT2D eigenvalue weighted by atomic mass is 28.3. The summed E-state index contributed by atoms with van der Waals surface area (Å²) < 4.78 is 14.0. The second kappa shape index (κ2) is 8.18. The van der Waals surface area contributed by atoms with Crippen LogP contribution in [0.3, 0.4) is 0 Å². The highest BCUT2D eigenvalue weighted by Crippen LogP contribution is 2.44. The summed E-state index contributed by atoms with van der Waals surface area (Å²) in [5.41, 5.74) is -0.0976. The second-order valence-electron chi connectivity index (χ2n) is 10.6. The van der Waals surface area contributed by atoms with Gasteiger partial charge < -0.3 is 18.8 Å². The SMILES string of the molecule is C[SiH](C)OC(C)(c1ccn([C@H]2c3cc(C#N)ccc3OC(C)(C)[C@@H]2O)c(=O)c1)C(C)(C)C. The van der Waals surface area contributed by atoms with Crippen LogP contribution in [-0.2, 0) is 10.0 Å². The molecular formula is C25H34N2O4Si. The maximum absolute atomic E-state index is 13.4. The smallest absolute Gasteiger partial charge is 0.251 e. The van der Waals surface area contributed by atoms with Gasteiger partial charge in [0.1, 0.15) is 17.5 Å². The lowest BCUT2D eigenvalue weighted by molar-refractivity contribution is -0.0644. The van der Waals surface area contributed by atoms with Gasteiger partial charge in [0.15, 0.2) is 9.04 Å². The Kier molecular flexibility index (Phi) is 6.20. The van der Waals surface area contributed by atoms with Crippen LogP contribution in [0.25, 0.3) is 0 Å². The van der Waals surface area contributed by atoms with E-state index in [1.54, 1.807) is 44.3 Å². The average molecular weight is 455 g/mol. The number of benzene rings is 1. The molecule has 172 valence electrons. The number of pyridine rings is 1. The Labute approximate surface area is 192 Å². The van der Waals surface area contributed by atoms with Crippen LogP contribution in [0, 0.1) is 16.7 Å². The third-order valence-electron chi connectivity index (χ3n) is 6.54. The van der Waals surface area contributed by atoms with E-state index < -0.39 is 32.4 Å². The van der Waals surface area contributed by atoms with E-state index in [9.17, 15) is 15.2 Å². The topological polar surface area (TPSA) is 84.5 Å². The predicted octanol–water partition coefficient (Wildman–Crippen LogP) is 4.10. The molecule has 0 saturated carbocycles. The summed E-state index contributed by atoms with van der Waals surface area (Å²) in [4.78, 5) is 13.4. The standard InChI is InChI=1S/C25H34N2O4Si/c1-23(2,3)25(6,31-32(7)8)17-11-12-27(20(28)14-17)21-18-13-16(15-26)9-10-19(18)30-24(4,5)22(21)29/h9-14,21-22,29,32H,1-8H3/t21-,22+,25?/m0/s1. The number of fused-ring (bicyclic) bond motifs is 1. The van der Waals surface area contributed by atoms with Gasteiger partial charge in [0.2, 0.25) is 0 Å². The first-order valence-corrected chi connectivity index (χ1v) is 13.8. The number of aliphatic hydroxyl groups excluding tert-OH is 1. The van der Waals surface area contributed by atoms with E-state index in [4.69, 9.17) is 9.16 Å². The molecule has 7 heteroatoms. The van der Waals surface area contributed by atoms with Gasteiger partial charge >= 0.3 is 0 Å². The van der Waals surface area contributed by atoms with Crippen LogP contribution < -0.4 is 10.3 Å². The third-order valence-corrected chi connectivity index (χ3v) is 7.49. The van der Waals surface area contributed by atoms with Crippen molar-refractivity contribution in [2.75, 3.05) is 0 Å². The van der Waals surface area contributed by atoms with E-state index in [-0.39, 0.29) is 11.0 Å². The zero-order valence-corrected chi connectivity index (χ0v) is 21.4. The normalized spacial score (nSPS) is 21.9. The minimum Gasteiger partial charge on any atom is -0.485 e. The quantitative estimate of drug-likeness (QED) is 0.703. The summed E-state index contributed by atoms with van der Waals surface area (Å²) in [6.07, 6.45) is 0.742. The summed E-state index contributed by atoms with van der Waals surface area (Å²) in [6.45, 7) is 16.2. The van der Waals surface area contributed by atoms with Crippen molar-refractivity contribution in [2.24, 2.45) is 5.41 Å². The molecule has 0 aliphatic carbocycles. The van der Waals surface area contributed by atoms with Gasteiger partial charge in [-0.3, -0.25) is 4.79 Å². The van der Waals surface area contributed by atoms with E-state index in [0.29, 0.717) is 16.9 Å². The molecule has 1 aliphatic rings. The minimum atomic E-state index is -1.40. The molecule has 2 aromatic rings. The van der Waals surface area contributed by atoms with Crippen LogP contribution in [0.4, 0.5) is 0 Å². The Bertz CT molecular complexity index is 1110. The Morgan fingerprint density at radius 2 is 1.84 bits per heavy atom. The average Bonchev–Trinajstić information content (AvgIpc) is 2.67. The summed E-state index contributed by atoms with van der Waals surface area (Å²) in [5, 5.41) is 20.5. The van der Waals surface area contributed by atoms with Gasteiger partial charge in [-0.2, -0.15) is 5.26 Å². The lowest BCUT2D eigenvalue weighted by atomic mass is 9.74. The summed E-state index contributed by atoms with van der Waals surface area (Å²) >= 11 is 0. The van der Waals surface area contributed by atoms with Gasteiger partial charge in [-0.1, -0.05) is 20.8 Å². The molecule has 0 radical (unpaired) electrons. The molecule has 0 spiro atoms. The summed E-state index contributed by atoms with van der Waals surface area (Å²) in [5.74, 6) is 0.564. The van der Waals surface area contributed by atoms with Gasteiger partial charge in [0, 0.05) is 17.8 Å². The van der Waals surface area contributed by atoms with Gasteiger partial charge in [0.25, 0.3) is 5.56 Å². The number of hydrogen-bond donors (Lipinski definition) is 1. The minimum absolute atomic E-state index is 0.225. The van der Waals surface area contributed by atoms with Crippen molar-refractivity contribution < 1.29 is 14.3 Å². The van der Waals surface area contributed by atoms with E-state index in [0.717, 1.165) is 5.56 Å². The van der Waals surface area contributed by atoms with Crippen molar-refractivity contribution in [3.8, 4) is 11.8 Å². The molecule has 2 heterocycles. The van der Waals surface area contributed by atoms with E-state index in [2.05, 4.69) is 39.9 Å². The van der Waals surface area contributed by atoms with Crippen LogP contribution in [0.1, 0.15) is 64.3 Å². The van der Waals surface area contributed by atoms with Crippen LogP contribution in [0.15, 0.2) is 41.3 Å². The fraction of sp³-hybridized carbons (Fsp3) is 0.520. The largest absolute Gasteiger partial charge is 0.485 e. The maximum Gasteiger partial charge on any atom is 0.251 e. The molecule has 3 atom stereocenters. The highest BCUT2D eigenvalue weighted by molar-refractivity contribution is 6.48. The second-order valence-corrected chi connectivity index (χ2v) is 12.9. The van der Waals surface area contributed by atoms with Crippen molar-refractivity contribution in [2.45, 2.75) is 78.0 Å². The molecule has 1 aromatic carbocycles. The molecule has 0 amide bonds. The van der Waals surface area contributed by atoms with Gasteiger partial charge in [0.05, 0.1) is 23.3 Å². The van der Waals surface area contributed by atoms with Crippen LogP contribution in [0.2, 0.25) is 13.1 Å². The Morgan fingerprint density at radius 1 is 1.19 bits per heavy atom. The highest BCUT2D eigenvalue weighted by Gasteiger charge is 2.45. The summed E-state index contributed by atoms with van der Waals surface area (Å²) in [6, 6.07) is 10.1. The fourth-order valence-corrected chi connectivity index (χ4v) is 5.74. The number of ether oxygens (including phenoxy) is 1. The first kappa shape index (κ1) is 24.2. The van der Waals surface area contributed by atoms with Crippen molar-refractivity contribution in [3.05, 3.63) is 63.6 Å². The molecule has 6 nitrogen and oxygen atoms in total. The maximum atomic E-state index is 13.4. The molecule has 3 rings (SSSR count). The van der Waals surface area contributed by atoms with E-state index in [1.165, 1.54) is 4.57 Å². The van der Waals surface area contributed by atoms with Gasteiger partial charge in [-0.05, 0) is 69.1 Å². The number of nitrogens with zero attached hydrogens (tertiary/aromatic N) is 2. The molecule has 1 N–H and O–H groups in total. The third kappa shape index (κ3) is 4.15. The molecule has 1 aromatic heterocycles. The van der Waals surface area contributed by atoms with Gasteiger partial charge in [-0.15, -0.1) is 0 Å². The Balaban J connectivity index is 2.17. The molecule has 0 saturated heterocycles. The number of rotatable bonds is 4. The molecular weight excluding hydrogens is 420 g/mol. The predicted molar refractivity (Wildman–Crippen MR) is 127 cm³/mol. The van der Waals surface area contributed by atoms with Crippen molar-refractivity contribution in [3.63, 3.8) is 0 Å². The van der Waals surface area contributed by atoms with Crippen LogP contribution in [-0.4, -0.2) is 30.4 Å². The Hall–Kier alpha value is -2.40. The summed E-state index contributed by atoms with van der Waals surface area (Å²) in [7, 11) is -1.40. The van der Waals surface area contributed by atoms with Crippen molar-refractivity contribution in [1.82, 2.24) is 4.57 Å².